The van der Waals surface area contributed by atoms with Gasteiger partial charge in [0.2, 0.25) is 0 Å². The molecule has 1 aliphatic carbocycles. The van der Waals surface area contributed by atoms with E-state index in [0.717, 1.165) is 0 Å². The molecule has 0 aliphatic heterocycles. The average Bonchev–Trinajstić information content (AvgIpc) is 2.54. The van der Waals surface area contributed by atoms with Crippen LogP contribution in [-0.2, 0) is 11.2 Å². The van der Waals surface area contributed by atoms with Gasteiger partial charge in [-0.2, -0.15) is 0 Å². The summed E-state index contributed by atoms with van der Waals surface area (Å²) < 4.78 is 6.14. The predicted octanol–water partition coefficient (Wildman–Crippen LogP) is 3.43. The molecule has 25 heavy (non-hydrogen) atoms. The van der Waals surface area contributed by atoms with Gasteiger partial charge in [-0.25, -0.2) is 4.79 Å². The van der Waals surface area contributed by atoms with Crippen molar-refractivity contribution in [3.63, 3.8) is 0 Å². The molecule has 0 saturated carbocycles. The summed E-state index contributed by atoms with van der Waals surface area (Å²) in [5, 5.41) is 0.534. The van der Waals surface area contributed by atoms with Gasteiger partial charge in [-0.3, -0.25) is 14.2 Å². The SMILES string of the molecule is COC(=O)c1cc2c(n(-c3ccc(Cl)cc3)c1=O)CC(C)(C)CC2=O. The molecular formula is C19H18ClNO4. The second kappa shape index (κ2) is 6.15. The number of benzene rings is 1. The summed E-state index contributed by atoms with van der Waals surface area (Å²) in [6, 6.07) is 8.08. The minimum atomic E-state index is -0.756. The van der Waals surface area contributed by atoms with E-state index in [1.54, 1.807) is 24.3 Å². The lowest BCUT2D eigenvalue weighted by Gasteiger charge is -2.32. The van der Waals surface area contributed by atoms with Crippen molar-refractivity contribution in [3.05, 3.63) is 62.5 Å². The first-order chi connectivity index (χ1) is 11.7. The molecule has 1 aliphatic rings. The highest BCUT2D eigenvalue weighted by molar-refractivity contribution is 6.30. The van der Waals surface area contributed by atoms with Gasteiger partial charge in [-0.15, -0.1) is 0 Å². The molecule has 2 aromatic rings. The van der Waals surface area contributed by atoms with Gasteiger partial charge in [0.15, 0.2) is 5.78 Å². The summed E-state index contributed by atoms with van der Waals surface area (Å²) in [5.41, 5.74) is 0.650. The number of aromatic nitrogens is 1. The van der Waals surface area contributed by atoms with E-state index >= 15 is 0 Å². The molecule has 1 aromatic carbocycles. The number of hydrogen-bond donors (Lipinski definition) is 0. The van der Waals surface area contributed by atoms with Crippen LogP contribution in [0.3, 0.4) is 0 Å². The molecule has 6 heteroatoms. The Hall–Kier alpha value is -2.40. The molecule has 0 atom stereocenters. The molecule has 0 spiro atoms. The van der Waals surface area contributed by atoms with Crippen molar-refractivity contribution in [2.24, 2.45) is 5.41 Å². The van der Waals surface area contributed by atoms with E-state index in [1.807, 2.05) is 13.8 Å². The Morgan fingerprint density at radius 3 is 2.40 bits per heavy atom. The zero-order valence-electron chi connectivity index (χ0n) is 14.3. The molecule has 1 heterocycles. The lowest BCUT2D eigenvalue weighted by molar-refractivity contribution is 0.0598. The normalized spacial score (nSPS) is 15.6. The van der Waals surface area contributed by atoms with Gasteiger partial charge in [0, 0.05) is 28.4 Å². The second-order valence-corrected chi connectivity index (χ2v) is 7.40. The number of ether oxygens (including phenoxy) is 1. The molecular weight excluding hydrogens is 342 g/mol. The van der Waals surface area contributed by atoms with Crippen molar-refractivity contribution in [2.75, 3.05) is 7.11 Å². The number of pyridine rings is 1. The first-order valence-electron chi connectivity index (χ1n) is 7.90. The molecule has 0 unspecified atom stereocenters. The Kier molecular flexibility index (Phi) is 4.29. The fraction of sp³-hybridized carbons (Fsp3) is 0.316. The number of hydrogen-bond acceptors (Lipinski definition) is 4. The lowest BCUT2D eigenvalue weighted by atomic mass is 9.75. The Labute approximate surface area is 150 Å². The quantitative estimate of drug-likeness (QED) is 0.770. The molecule has 1 aromatic heterocycles. The smallest absolute Gasteiger partial charge is 0.343 e. The third-order valence-corrected chi connectivity index (χ3v) is 4.63. The van der Waals surface area contributed by atoms with Crippen LogP contribution in [0.4, 0.5) is 0 Å². The number of esters is 1. The van der Waals surface area contributed by atoms with E-state index in [2.05, 4.69) is 0 Å². The number of fused-ring (bicyclic) bond motifs is 1. The van der Waals surface area contributed by atoms with Gasteiger partial charge in [-0.1, -0.05) is 25.4 Å². The monoisotopic (exact) mass is 359 g/mol. The van der Waals surface area contributed by atoms with Crippen molar-refractivity contribution >= 4 is 23.4 Å². The number of halogens is 1. The van der Waals surface area contributed by atoms with Gasteiger partial charge in [0.25, 0.3) is 5.56 Å². The van der Waals surface area contributed by atoms with Gasteiger partial charge >= 0.3 is 5.97 Å². The fourth-order valence-electron chi connectivity index (χ4n) is 3.23. The summed E-state index contributed by atoms with van der Waals surface area (Å²) >= 11 is 5.94. The van der Waals surface area contributed by atoms with Crippen molar-refractivity contribution in [3.8, 4) is 5.69 Å². The van der Waals surface area contributed by atoms with Crippen LogP contribution in [0.15, 0.2) is 35.1 Å². The van der Waals surface area contributed by atoms with E-state index in [0.29, 0.717) is 34.8 Å². The highest BCUT2D eigenvalue weighted by Gasteiger charge is 2.35. The highest BCUT2D eigenvalue weighted by Crippen LogP contribution is 2.35. The third-order valence-electron chi connectivity index (χ3n) is 4.38. The summed E-state index contributed by atoms with van der Waals surface area (Å²) in [4.78, 5) is 37.6. The van der Waals surface area contributed by atoms with Gasteiger partial charge in [0.1, 0.15) is 5.56 Å². The number of carbonyl (C=O) groups excluding carboxylic acids is 2. The van der Waals surface area contributed by atoms with Gasteiger partial charge in [-0.05, 0) is 42.2 Å². The molecule has 0 fully saturated rings. The van der Waals surface area contributed by atoms with E-state index in [-0.39, 0.29) is 16.8 Å². The van der Waals surface area contributed by atoms with Crippen LogP contribution in [0, 0.1) is 5.41 Å². The van der Waals surface area contributed by atoms with Crippen LogP contribution in [0.1, 0.15) is 46.7 Å². The molecule has 0 amide bonds. The Morgan fingerprint density at radius 1 is 1.16 bits per heavy atom. The molecule has 0 N–H and O–H groups in total. The van der Waals surface area contributed by atoms with Gasteiger partial charge < -0.3 is 4.74 Å². The fourth-order valence-corrected chi connectivity index (χ4v) is 3.36. The Bertz CT molecular complexity index is 926. The van der Waals surface area contributed by atoms with Crippen LogP contribution < -0.4 is 5.56 Å². The predicted molar refractivity (Wildman–Crippen MR) is 94.8 cm³/mol. The number of carbonyl (C=O) groups is 2. The minimum Gasteiger partial charge on any atom is -0.465 e. The standard InChI is InChI=1S/C19H18ClNO4/c1-19(2)9-15-13(16(22)10-19)8-14(18(24)25-3)17(23)21(15)12-6-4-11(20)5-7-12/h4-8H,9-10H2,1-3H3. The average molecular weight is 360 g/mol. The minimum absolute atomic E-state index is 0.0842. The van der Waals surface area contributed by atoms with E-state index in [9.17, 15) is 14.4 Å². The molecule has 0 bridgehead atoms. The Balaban J connectivity index is 2.36. The van der Waals surface area contributed by atoms with Crippen LogP contribution in [-0.4, -0.2) is 23.4 Å². The molecule has 3 rings (SSSR count). The van der Waals surface area contributed by atoms with E-state index in [1.165, 1.54) is 17.7 Å². The van der Waals surface area contributed by atoms with Crippen molar-refractivity contribution in [1.82, 2.24) is 4.57 Å². The van der Waals surface area contributed by atoms with Crippen LogP contribution in [0.2, 0.25) is 5.02 Å². The molecule has 130 valence electrons. The number of methoxy groups -OCH3 is 1. The van der Waals surface area contributed by atoms with E-state index < -0.39 is 11.5 Å². The summed E-state index contributed by atoms with van der Waals surface area (Å²) in [6.45, 7) is 3.97. The summed E-state index contributed by atoms with van der Waals surface area (Å²) in [6.07, 6.45) is 0.910. The maximum atomic E-state index is 13.0. The zero-order valence-corrected chi connectivity index (χ0v) is 15.0. The number of rotatable bonds is 2. The van der Waals surface area contributed by atoms with Crippen molar-refractivity contribution in [1.29, 1.82) is 0 Å². The van der Waals surface area contributed by atoms with E-state index in [4.69, 9.17) is 16.3 Å². The maximum absolute atomic E-state index is 13.0. The first kappa shape index (κ1) is 17.4. The second-order valence-electron chi connectivity index (χ2n) is 6.97. The zero-order chi connectivity index (χ0) is 18.4. The highest BCUT2D eigenvalue weighted by atomic mass is 35.5. The maximum Gasteiger partial charge on any atom is 0.343 e. The molecule has 0 saturated heterocycles. The van der Waals surface area contributed by atoms with Crippen molar-refractivity contribution < 1.29 is 14.3 Å². The number of nitrogens with zero attached hydrogens (tertiary/aromatic N) is 1. The summed E-state index contributed by atoms with van der Waals surface area (Å²) in [7, 11) is 1.21. The molecule has 0 radical (unpaired) electrons. The van der Waals surface area contributed by atoms with Gasteiger partial charge in [0.05, 0.1) is 7.11 Å². The number of ketones is 1. The molecule has 5 nitrogen and oxygen atoms in total. The number of Topliss-reactive ketones (excluding diaryl/α,β-unsaturated/α-hetero) is 1. The topological polar surface area (TPSA) is 65.4 Å². The van der Waals surface area contributed by atoms with Crippen LogP contribution in [0.25, 0.3) is 5.69 Å². The van der Waals surface area contributed by atoms with Crippen LogP contribution >= 0.6 is 11.6 Å². The largest absolute Gasteiger partial charge is 0.465 e. The van der Waals surface area contributed by atoms with Crippen LogP contribution in [0.5, 0.6) is 0 Å². The Morgan fingerprint density at radius 2 is 1.80 bits per heavy atom. The third kappa shape index (κ3) is 3.12. The first-order valence-corrected chi connectivity index (χ1v) is 8.28. The summed E-state index contributed by atoms with van der Waals surface area (Å²) in [5.74, 6) is -0.840. The lowest BCUT2D eigenvalue weighted by Crippen LogP contribution is -2.36. The van der Waals surface area contributed by atoms with Crippen molar-refractivity contribution in [2.45, 2.75) is 26.7 Å².